The van der Waals surface area contributed by atoms with Crippen molar-refractivity contribution in [3.05, 3.63) is 53.4 Å². The van der Waals surface area contributed by atoms with Crippen LogP contribution in [0.4, 0.5) is 20.2 Å². The molecule has 3 nitrogen and oxygen atoms in total. The zero-order valence-corrected chi connectivity index (χ0v) is 10.6. The Hall–Kier alpha value is -2.30. The second-order valence-corrected chi connectivity index (χ2v) is 4.21. The molecule has 1 aromatic carbocycles. The molecule has 19 heavy (non-hydrogen) atoms. The highest BCUT2D eigenvalue weighted by Gasteiger charge is 2.12. The second kappa shape index (κ2) is 5.14. The smallest absolute Gasteiger partial charge is 0.212 e. The summed E-state index contributed by atoms with van der Waals surface area (Å²) in [5, 5.41) is 10.7. The summed E-state index contributed by atoms with van der Waals surface area (Å²) < 4.78 is 26.3. The molecule has 1 aromatic heterocycles. The average Bonchev–Trinajstić information content (AvgIpc) is 2.37. The van der Waals surface area contributed by atoms with Crippen LogP contribution in [-0.4, -0.2) is 10.7 Å². The van der Waals surface area contributed by atoms with Crippen LogP contribution in [0.3, 0.4) is 0 Å². The Kier molecular flexibility index (Phi) is 3.55. The van der Waals surface area contributed by atoms with Gasteiger partial charge in [0, 0.05) is 16.8 Å². The molecule has 1 heterocycles. The first-order valence-electron chi connectivity index (χ1n) is 5.72. The first-order chi connectivity index (χ1) is 8.99. The van der Waals surface area contributed by atoms with E-state index in [0.29, 0.717) is 28.2 Å². The summed E-state index contributed by atoms with van der Waals surface area (Å²) in [6.07, 6.45) is 1.32. The van der Waals surface area contributed by atoms with Gasteiger partial charge >= 0.3 is 0 Å². The molecule has 0 aliphatic carbocycles. The van der Waals surface area contributed by atoms with Crippen molar-refractivity contribution in [2.75, 3.05) is 5.32 Å². The van der Waals surface area contributed by atoms with Gasteiger partial charge in [-0.05, 0) is 38.1 Å². The van der Waals surface area contributed by atoms with Gasteiger partial charge < -0.3 is 10.7 Å². The third-order valence-electron chi connectivity index (χ3n) is 2.80. The number of halogens is 2. The highest BCUT2D eigenvalue weighted by molar-refractivity contribution is 6.02. The van der Waals surface area contributed by atoms with Crippen molar-refractivity contribution in [1.82, 2.24) is 4.98 Å². The van der Waals surface area contributed by atoms with Crippen molar-refractivity contribution in [1.29, 1.82) is 5.41 Å². The summed E-state index contributed by atoms with van der Waals surface area (Å²) >= 11 is 0. The Bertz CT molecular complexity index is 621. The van der Waals surface area contributed by atoms with Crippen LogP contribution in [-0.2, 0) is 0 Å². The van der Waals surface area contributed by atoms with Gasteiger partial charge in [0.1, 0.15) is 5.82 Å². The lowest BCUT2D eigenvalue weighted by Crippen LogP contribution is -2.04. The number of benzene rings is 1. The molecule has 0 atom stereocenters. The van der Waals surface area contributed by atoms with Crippen LogP contribution >= 0.6 is 0 Å². The molecule has 0 aliphatic heterocycles. The maximum atomic E-state index is 13.6. The molecule has 5 heteroatoms. The first-order valence-corrected chi connectivity index (χ1v) is 5.72. The molecule has 2 rings (SSSR count). The summed E-state index contributed by atoms with van der Waals surface area (Å²) in [5.41, 5.74) is 2.37. The van der Waals surface area contributed by atoms with Gasteiger partial charge in [-0.1, -0.05) is 0 Å². The molecule has 2 N–H and O–H groups in total. The Morgan fingerprint density at radius 2 is 1.95 bits per heavy atom. The third kappa shape index (κ3) is 2.76. The van der Waals surface area contributed by atoms with E-state index in [9.17, 15) is 8.78 Å². The van der Waals surface area contributed by atoms with Gasteiger partial charge in [-0.15, -0.1) is 0 Å². The number of aromatic nitrogens is 1. The summed E-state index contributed by atoms with van der Waals surface area (Å²) in [4.78, 5) is 3.53. The number of nitrogens with one attached hydrogen (secondary N) is 2. The highest BCUT2D eigenvalue weighted by Crippen LogP contribution is 2.27. The van der Waals surface area contributed by atoms with Gasteiger partial charge in [0.05, 0.1) is 17.6 Å². The minimum Gasteiger partial charge on any atom is -0.353 e. The van der Waals surface area contributed by atoms with Crippen LogP contribution in [0.25, 0.3) is 0 Å². The molecule has 98 valence electrons. The molecule has 0 fully saturated rings. The fourth-order valence-corrected chi connectivity index (χ4v) is 1.75. The quantitative estimate of drug-likeness (QED) is 0.652. The van der Waals surface area contributed by atoms with E-state index in [2.05, 4.69) is 10.3 Å². The molecular formula is C14H13F2N3. The lowest BCUT2D eigenvalue weighted by Gasteiger charge is -2.14. The van der Waals surface area contributed by atoms with Gasteiger partial charge in [0.2, 0.25) is 5.95 Å². The predicted molar refractivity (Wildman–Crippen MR) is 71.1 cm³/mol. The normalized spacial score (nSPS) is 10.3. The molecule has 0 bridgehead atoms. The summed E-state index contributed by atoms with van der Waals surface area (Å²) in [5.74, 6) is -0.937. The number of hydrogen-bond donors (Lipinski definition) is 2. The maximum Gasteiger partial charge on any atom is 0.212 e. The van der Waals surface area contributed by atoms with E-state index in [4.69, 9.17) is 5.41 Å². The fourth-order valence-electron chi connectivity index (χ4n) is 1.75. The zero-order chi connectivity index (χ0) is 14.0. The lowest BCUT2D eigenvalue weighted by molar-refractivity contribution is 0.584. The minimum absolute atomic E-state index is 0.320. The van der Waals surface area contributed by atoms with Gasteiger partial charge in [0.15, 0.2) is 0 Å². The molecule has 0 saturated heterocycles. The first kappa shape index (κ1) is 13.1. The Balaban J connectivity index is 2.46. The molecule has 0 aliphatic rings. The number of hydrogen-bond acceptors (Lipinski definition) is 3. The van der Waals surface area contributed by atoms with E-state index in [0.717, 1.165) is 0 Å². The number of nitrogens with zero attached hydrogens (tertiary/aromatic N) is 1. The number of anilines is 2. The standard InChI is InChI=1S/C14H13F2N3/c1-8-12(15)5-4-11(9(2)17)14(8)19-10-3-6-13(16)18-7-10/h3-7,17,19H,1-2H3. The van der Waals surface area contributed by atoms with Crippen LogP contribution in [0, 0.1) is 24.1 Å². The summed E-state index contributed by atoms with van der Waals surface area (Å²) in [7, 11) is 0. The number of pyridine rings is 1. The van der Waals surface area contributed by atoms with Crippen LogP contribution < -0.4 is 5.32 Å². The van der Waals surface area contributed by atoms with Crippen molar-refractivity contribution in [2.24, 2.45) is 0 Å². The third-order valence-corrected chi connectivity index (χ3v) is 2.80. The van der Waals surface area contributed by atoms with E-state index in [1.807, 2.05) is 0 Å². The largest absolute Gasteiger partial charge is 0.353 e. The van der Waals surface area contributed by atoms with Gasteiger partial charge in [-0.25, -0.2) is 9.37 Å². The molecule has 0 saturated carbocycles. The van der Waals surface area contributed by atoms with Crippen LogP contribution in [0.1, 0.15) is 18.1 Å². The second-order valence-electron chi connectivity index (χ2n) is 4.21. The van der Waals surface area contributed by atoms with Crippen molar-refractivity contribution in [3.8, 4) is 0 Å². The van der Waals surface area contributed by atoms with E-state index < -0.39 is 5.95 Å². The van der Waals surface area contributed by atoms with Crippen LogP contribution in [0.2, 0.25) is 0 Å². The van der Waals surface area contributed by atoms with Gasteiger partial charge in [-0.3, -0.25) is 0 Å². The van der Waals surface area contributed by atoms with E-state index >= 15 is 0 Å². The molecular weight excluding hydrogens is 248 g/mol. The van der Waals surface area contributed by atoms with E-state index in [-0.39, 0.29) is 5.82 Å². The topological polar surface area (TPSA) is 48.8 Å². The molecule has 0 amide bonds. The lowest BCUT2D eigenvalue weighted by atomic mass is 10.0. The minimum atomic E-state index is -0.579. The Morgan fingerprint density at radius 1 is 1.21 bits per heavy atom. The fraction of sp³-hybridized carbons (Fsp3) is 0.143. The monoisotopic (exact) mass is 261 g/mol. The van der Waals surface area contributed by atoms with Crippen LogP contribution in [0.5, 0.6) is 0 Å². The van der Waals surface area contributed by atoms with Gasteiger partial charge in [0.25, 0.3) is 0 Å². The molecule has 0 unspecified atom stereocenters. The van der Waals surface area contributed by atoms with Gasteiger partial charge in [-0.2, -0.15) is 4.39 Å². The summed E-state index contributed by atoms with van der Waals surface area (Å²) in [6, 6.07) is 5.60. The zero-order valence-electron chi connectivity index (χ0n) is 10.6. The molecule has 2 aromatic rings. The average molecular weight is 261 g/mol. The van der Waals surface area contributed by atoms with Crippen molar-refractivity contribution in [3.63, 3.8) is 0 Å². The van der Waals surface area contributed by atoms with E-state index in [1.165, 1.54) is 24.4 Å². The number of rotatable bonds is 3. The molecule has 0 radical (unpaired) electrons. The summed E-state index contributed by atoms with van der Waals surface area (Å²) in [6.45, 7) is 3.25. The molecule has 0 spiro atoms. The maximum absolute atomic E-state index is 13.6. The predicted octanol–water partition coefficient (Wildman–Crippen LogP) is 3.80. The van der Waals surface area contributed by atoms with Crippen molar-refractivity contribution >= 4 is 17.1 Å². The Morgan fingerprint density at radius 3 is 2.53 bits per heavy atom. The van der Waals surface area contributed by atoms with Crippen molar-refractivity contribution in [2.45, 2.75) is 13.8 Å². The SMILES string of the molecule is CC(=N)c1ccc(F)c(C)c1Nc1ccc(F)nc1. The highest BCUT2D eigenvalue weighted by atomic mass is 19.1. The Labute approximate surface area is 109 Å². The van der Waals surface area contributed by atoms with E-state index in [1.54, 1.807) is 19.9 Å². The van der Waals surface area contributed by atoms with Crippen LogP contribution in [0.15, 0.2) is 30.5 Å². The van der Waals surface area contributed by atoms with Crippen molar-refractivity contribution < 1.29 is 8.78 Å².